The SMILES string of the molecule is CC(=O)OC1C(O)C(C)OC(OC2CCC3(C=O)C(CCC4C3CCC3(C)C(C5=CC(=O)OC5)C(O)CC43O)C2)C1O. The van der Waals surface area contributed by atoms with Crippen molar-refractivity contribution in [2.45, 2.75) is 121 Å². The number of carbonyl (C=O) groups excluding carboxylic acids is 3. The van der Waals surface area contributed by atoms with E-state index in [0.29, 0.717) is 38.5 Å². The first-order chi connectivity index (χ1) is 19.8. The minimum Gasteiger partial charge on any atom is -0.458 e. The van der Waals surface area contributed by atoms with Gasteiger partial charge in [-0.3, -0.25) is 4.79 Å². The average Bonchev–Trinajstić information content (AvgIpc) is 3.45. The lowest BCUT2D eigenvalue weighted by atomic mass is 9.43. The Kier molecular flexibility index (Phi) is 7.63. The van der Waals surface area contributed by atoms with Gasteiger partial charge in [0.15, 0.2) is 12.4 Å². The summed E-state index contributed by atoms with van der Waals surface area (Å²) in [5, 5.41) is 44.9. The predicted octanol–water partition coefficient (Wildman–Crippen LogP) is 1.18. The van der Waals surface area contributed by atoms with Crippen LogP contribution in [0.25, 0.3) is 0 Å². The van der Waals surface area contributed by atoms with Gasteiger partial charge in [-0.2, -0.15) is 0 Å². The second-order valence-corrected chi connectivity index (χ2v) is 14.0. The highest BCUT2D eigenvalue weighted by molar-refractivity contribution is 5.85. The highest BCUT2D eigenvalue weighted by Gasteiger charge is 2.71. The van der Waals surface area contributed by atoms with Crippen molar-refractivity contribution in [3.63, 3.8) is 0 Å². The van der Waals surface area contributed by atoms with Crippen molar-refractivity contribution in [2.75, 3.05) is 6.61 Å². The van der Waals surface area contributed by atoms with Gasteiger partial charge in [0.05, 0.1) is 23.9 Å². The molecule has 2 heterocycles. The topological polar surface area (TPSA) is 169 Å². The predicted molar refractivity (Wildman–Crippen MR) is 144 cm³/mol. The van der Waals surface area contributed by atoms with Crippen molar-refractivity contribution < 1.29 is 53.8 Å². The fourth-order valence-electron chi connectivity index (χ4n) is 10.1. The number of hydrogen-bond acceptors (Lipinski definition) is 11. The number of cyclic esters (lactones) is 1. The molecular formula is C31H44O11. The molecule has 0 bridgehead atoms. The number of hydrogen-bond donors (Lipinski definition) is 4. The molecule has 14 unspecified atom stereocenters. The summed E-state index contributed by atoms with van der Waals surface area (Å²) in [6.07, 6.45) is 0.603. The Bertz CT molecular complexity index is 1140. The molecule has 234 valence electrons. The summed E-state index contributed by atoms with van der Waals surface area (Å²) < 4.78 is 22.3. The Morgan fingerprint density at radius 2 is 1.86 bits per heavy atom. The van der Waals surface area contributed by atoms with Gasteiger partial charge in [-0.15, -0.1) is 0 Å². The lowest BCUT2D eigenvalue weighted by Gasteiger charge is -2.63. The lowest BCUT2D eigenvalue weighted by Crippen LogP contribution is -2.63. The molecule has 42 heavy (non-hydrogen) atoms. The van der Waals surface area contributed by atoms with Gasteiger partial charge in [0.1, 0.15) is 25.1 Å². The molecule has 6 aliphatic rings. The van der Waals surface area contributed by atoms with Crippen molar-refractivity contribution in [3.05, 3.63) is 11.6 Å². The van der Waals surface area contributed by atoms with E-state index in [0.717, 1.165) is 18.3 Å². The van der Waals surface area contributed by atoms with Gasteiger partial charge in [-0.05, 0) is 75.2 Å². The van der Waals surface area contributed by atoms with E-state index in [1.807, 2.05) is 6.92 Å². The van der Waals surface area contributed by atoms with Crippen LogP contribution in [-0.4, -0.2) is 93.8 Å². The zero-order chi connectivity index (χ0) is 30.2. The Hall–Kier alpha value is -1.89. The van der Waals surface area contributed by atoms with Gasteiger partial charge in [0.25, 0.3) is 0 Å². The van der Waals surface area contributed by atoms with Crippen LogP contribution < -0.4 is 0 Å². The second-order valence-electron chi connectivity index (χ2n) is 14.0. The Morgan fingerprint density at radius 3 is 2.52 bits per heavy atom. The third-order valence-corrected chi connectivity index (χ3v) is 12.1. The number of aldehydes is 1. The summed E-state index contributed by atoms with van der Waals surface area (Å²) in [5.74, 6) is -1.60. The summed E-state index contributed by atoms with van der Waals surface area (Å²) >= 11 is 0. The number of aliphatic hydroxyl groups is 4. The molecule has 0 amide bonds. The number of esters is 2. The van der Waals surface area contributed by atoms with Crippen LogP contribution in [0.5, 0.6) is 0 Å². The number of aliphatic hydroxyl groups excluding tert-OH is 3. The fraction of sp³-hybridized carbons (Fsp3) is 0.839. The monoisotopic (exact) mass is 592 g/mol. The maximum atomic E-state index is 13.0. The highest BCUT2D eigenvalue weighted by Crippen LogP contribution is 2.69. The molecule has 6 rings (SSSR count). The van der Waals surface area contributed by atoms with E-state index in [9.17, 15) is 34.8 Å². The molecule has 11 heteroatoms. The minimum atomic E-state index is -1.36. The summed E-state index contributed by atoms with van der Waals surface area (Å²) in [6, 6.07) is 0. The quantitative estimate of drug-likeness (QED) is 0.205. The molecule has 2 aliphatic heterocycles. The molecule has 0 aromatic rings. The average molecular weight is 593 g/mol. The fourth-order valence-corrected chi connectivity index (χ4v) is 10.1. The van der Waals surface area contributed by atoms with Crippen LogP contribution in [0.2, 0.25) is 0 Å². The molecular weight excluding hydrogens is 548 g/mol. The first-order valence-corrected chi connectivity index (χ1v) is 15.4. The first-order valence-electron chi connectivity index (χ1n) is 15.4. The molecule has 0 aromatic heterocycles. The Labute approximate surface area is 245 Å². The number of rotatable bonds is 5. The summed E-state index contributed by atoms with van der Waals surface area (Å²) in [6.45, 7) is 5.00. The minimum absolute atomic E-state index is 0.0154. The molecule has 0 spiro atoms. The van der Waals surface area contributed by atoms with Crippen LogP contribution in [0.3, 0.4) is 0 Å². The van der Waals surface area contributed by atoms with Crippen molar-refractivity contribution in [2.24, 2.45) is 34.5 Å². The van der Waals surface area contributed by atoms with E-state index in [1.165, 1.54) is 13.0 Å². The maximum Gasteiger partial charge on any atom is 0.331 e. The van der Waals surface area contributed by atoms with Crippen molar-refractivity contribution in [1.82, 2.24) is 0 Å². The smallest absolute Gasteiger partial charge is 0.331 e. The second kappa shape index (κ2) is 10.6. The zero-order valence-corrected chi connectivity index (χ0v) is 24.5. The molecule has 11 nitrogen and oxygen atoms in total. The van der Waals surface area contributed by atoms with Crippen molar-refractivity contribution in [3.8, 4) is 0 Å². The number of ether oxygens (including phenoxy) is 4. The summed E-state index contributed by atoms with van der Waals surface area (Å²) in [7, 11) is 0. The van der Waals surface area contributed by atoms with Crippen molar-refractivity contribution >= 4 is 18.2 Å². The van der Waals surface area contributed by atoms with Crippen LogP contribution in [0, 0.1) is 34.5 Å². The normalized spacial score (nSPS) is 51.9. The largest absolute Gasteiger partial charge is 0.458 e. The molecule has 1 saturated heterocycles. The van der Waals surface area contributed by atoms with Gasteiger partial charge >= 0.3 is 11.9 Å². The summed E-state index contributed by atoms with van der Waals surface area (Å²) in [5.41, 5.74) is -1.71. The van der Waals surface area contributed by atoms with Crippen LogP contribution >= 0.6 is 0 Å². The molecule has 4 N–H and O–H groups in total. The standard InChI is InChI=1S/C31H44O11/c1-15-25(36)27(41-16(2)33)26(37)28(40-15)42-19-6-9-30(14-32)18(11-19)4-5-21-20(30)7-8-29(3)24(17-10-23(35)39-13-17)22(34)12-31(21,29)38/h10,14-15,18-22,24-28,34,36-38H,4-9,11-13H2,1-3H3. The van der Waals surface area contributed by atoms with E-state index < -0.39 is 65.2 Å². The van der Waals surface area contributed by atoms with Gasteiger partial charge in [0.2, 0.25) is 0 Å². The molecule has 4 aliphatic carbocycles. The van der Waals surface area contributed by atoms with Gasteiger partial charge < -0.3 is 44.2 Å². The highest BCUT2D eigenvalue weighted by atomic mass is 16.7. The van der Waals surface area contributed by atoms with E-state index in [1.54, 1.807) is 6.92 Å². The molecule has 0 aromatic carbocycles. The van der Waals surface area contributed by atoms with Crippen LogP contribution in [0.4, 0.5) is 0 Å². The number of fused-ring (bicyclic) bond motifs is 5. The Balaban J connectivity index is 1.19. The van der Waals surface area contributed by atoms with Crippen LogP contribution in [-0.2, 0) is 33.3 Å². The van der Waals surface area contributed by atoms with Crippen LogP contribution in [0.1, 0.15) is 72.1 Å². The van der Waals surface area contributed by atoms with E-state index in [-0.39, 0.29) is 42.8 Å². The van der Waals surface area contributed by atoms with Crippen molar-refractivity contribution in [1.29, 1.82) is 0 Å². The molecule has 14 atom stereocenters. The van der Waals surface area contributed by atoms with Gasteiger partial charge in [-0.25, -0.2) is 4.79 Å². The van der Waals surface area contributed by atoms with E-state index in [2.05, 4.69) is 0 Å². The third kappa shape index (κ3) is 4.41. The molecule has 5 fully saturated rings. The molecule has 0 radical (unpaired) electrons. The lowest BCUT2D eigenvalue weighted by molar-refractivity contribution is -0.311. The first kappa shape index (κ1) is 30.1. The van der Waals surface area contributed by atoms with Gasteiger partial charge in [-0.1, -0.05) is 6.92 Å². The van der Waals surface area contributed by atoms with Crippen LogP contribution in [0.15, 0.2) is 11.6 Å². The van der Waals surface area contributed by atoms with E-state index >= 15 is 0 Å². The van der Waals surface area contributed by atoms with Gasteiger partial charge in [0, 0.05) is 36.2 Å². The Morgan fingerprint density at radius 1 is 1.10 bits per heavy atom. The zero-order valence-electron chi connectivity index (χ0n) is 24.5. The van der Waals surface area contributed by atoms with E-state index in [4.69, 9.17) is 18.9 Å². The molecule has 4 saturated carbocycles. The third-order valence-electron chi connectivity index (χ3n) is 12.1. The number of carbonyl (C=O) groups is 3. The summed E-state index contributed by atoms with van der Waals surface area (Å²) in [4.78, 5) is 36.4. The maximum absolute atomic E-state index is 13.0.